The Bertz CT molecular complexity index is 293. The Labute approximate surface area is 89.4 Å². The van der Waals surface area contributed by atoms with Gasteiger partial charge in [-0.05, 0) is 32.7 Å². The van der Waals surface area contributed by atoms with E-state index in [4.69, 9.17) is 11.6 Å². The maximum Gasteiger partial charge on any atom is 0.0785 e. The Morgan fingerprint density at radius 2 is 2.50 bits per heavy atom. The van der Waals surface area contributed by atoms with E-state index < -0.39 is 0 Å². The lowest BCUT2D eigenvalue weighted by Gasteiger charge is -2.12. The molecule has 1 heterocycles. The third-order valence-electron chi connectivity index (χ3n) is 2.59. The SMILES string of the molecule is CC(CCNC1CC1)n1cc(Cl)cn1. The van der Waals surface area contributed by atoms with Gasteiger partial charge in [0.25, 0.3) is 0 Å². The first-order valence-electron chi connectivity index (χ1n) is 5.19. The van der Waals surface area contributed by atoms with E-state index in [-0.39, 0.29) is 0 Å². The van der Waals surface area contributed by atoms with Gasteiger partial charge in [0, 0.05) is 12.2 Å². The van der Waals surface area contributed by atoms with Crippen molar-refractivity contribution in [1.29, 1.82) is 0 Å². The van der Waals surface area contributed by atoms with Gasteiger partial charge in [0.05, 0.1) is 17.3 Å². The molecule has 0 bridgehead atoms. The second kappa shape index (κ2) is 4.32. The number of halogens is 1. The van der Waals surface area contributed by atoms with Gasteiger partial charge in [-0.15, -0.1) is 0 Å². The van der Waals surface area contributed by atoms with E-state index in [9.17, 15) is 0 Å². The van der Waals surface area contributed by atoms with Crippen LogP contribution in [0.4, 0.5) is 0 Å². The summed E-state index contributed by atoms with van der Waals surface area (Å²) in [6, 6.07) is 1.22. The standard InChI is InChI=1S/C10H16ClN3/c1-8(4-5-12-10-2-3-10)14-7-9(11)6-13-14/h6-8,10,12H,2-5H2,1H3. The Kier molecular flexibility index (Phi) is 3.08. The minimum Gasteiger partial charge on any atom is -0.314 e. The molecule has 2 rings (SSSR count). The van der Waals surface area contributed by atoms with Crippen LogP contribution in [0.5, 0.6) is 0 Å². The van der Waals surface area contributed by atoms with Crippen molar-refractivity contribution in [1.82, 2.24) is 15.1 Å². The van der Waals surface area contributed by atoms with E-state index in [1.165, 1.54) is 12.8 Å². The highest BCUT2D eigenvalue weighted by atomic mass is 35.5. The molecule has 1 N–H and O–H groups in total. The van der Waals surface area contributed by atoms with Crippen LogP contribution in [-0.2, 0) is 0 Å². The number of nitrogens with one attached hydrogen (secondary N) is 1. The molecule has 0 amide bonds. The zero-order valence-electron chi connectivity index (χ0n) is 8.41. The Morgan fingerprint density at radius 3 is 3.07 bits per heavy atom. The summed E-state index contributed by atoms with van der Waals surface area (Å²) in [5, 5.41) is 8.39. The van der Waals surface area contributed by atoms with Crippen molar-refractivity contribution in [2.45, 2.75) is 38.3 Å². The maximum absolute atomic E-state index is 5.80. The molecule has 0 saturated heterocycles. The predicted octanol–water partition coefficient (Wildman–Crippen LogP) is 2.24. The highest BCUT2D eigenvalue weighted by molar-refractivity contribution is 6.30. The maximum atomic E-state index is 5.80. The largest absolute Gasteiger partial charge is 0.314 e. The molecule has 1 atom stereocenters. The number of hydrogen-bond acceptors (Lipinski definition) is 2. The van der Waals surface area contributed by atoms with Crippen LogP contribution in [-0.4, -0.2) is 22.4 Å². The van der Waals surface area contributed by atoms with Crippen molar-refractivity contribution in [3.05, 3.63) is 17.4 Å². The van der Waals surface area contributed by atoms with Crippen LogP contribution in [0.3, 0.4) is 0 Å². The fourth-order valence-corrected chi connectivity index (χ4v) is 1.62. The predicted molar refractivity (Wildman–Crippen MR) is 57.6 cm³/mol. The summed E-state index contributed by atoms with van der Waals surface area (Å²) in [7, 11) is 0. The van der Waals surface area contributed by atoms with Gasteiger partial charge in [-0.2, -0.15) is 5.10 Å². The molecule has 14 heavy (non-hydrogen) atoms. The summed E-state index contributed by atoms with van der Waals surface area (Å²) in [6.45, 7) is 3.24. The second-order valence-electron chi connectivity index (χ2n) is 4.00. The van der Waals surface area contributed by atoms with Crippen molar-refractivity contribution >= 4 is 11.6 Å². The molecule has 1 fully saturated rings. The minimum absolute atomic E-state index is 0.425. The second-order valence-corrected chi connectivity index (χ2v) is 4.44. The quantitative estimate of drug-likeness (QED) is 0.813. The van der Waals surface area contributed by atoms with E-state index in [0.29, 0.717) is 11.1 Å². The van der Waals surface area contributed by atoms with Crippen LogP contribution >= 0.6 is 11.6 Å². The van der Waals surface area contributed by atoms with Gasteiger partial charge >= 0.3 is 0 Å². The van der Waals surface area contributed by atoms with Crippen molar-refractivity contribution in [2.75, 3.05) is 6.54 Å². The minimum atomic E-state index is 0.425. The first-order chi connectivity index (χ1) is 6.75. The lowest BCUT2D eigenvalue weighted by molar-refractivity contribution is 0.443. The molecule has 1 aliphatic carbocycles. The average Bonchev–Trinajstić information content (AvgIpc) is 2.87. The Hall–Kier alpha value is -0.540. The summed E-state index contributed by atoms with van der Waals surface area (Å²) < 4.78 is 1.93. The van der Waals surface area contributed by atoms with Gasteiger partial charge in [-0.1, -0.05) is 11.6 Å². The van der Waals surface area contributed by atoms with Crippen LogP contribution in [0.2, 0.25) is 5.02 Å². The summed E-state index contributed by atoms with van der Waals surface area (Å²) in [5.74, 6) is 0. The zero-order valence-corrected chi connectivity index (χ0v) is 9.17. The van der Waals surface area contributed by atoms with Crippen molar-refractivity contribution < 1.29 is 0 Å². The zero-order chi connectivity index (χ0) is 9.97. The van der Waals surface area contributed by atoms with E-state index in [0.717, 1.165) is 19.0 Å². The number of nitrogens with zero attached hydrogens (tertiary/aromatic N) is 2. The molecule has 1 unspecified atom stereocenters. The smallest absolute Gasteiger partial charge is 0.0785 e. The van der Waals surface area contributed by atoms with E-state index >= 15 is 0 Å². The normalized spacial score (nSPS) is 18.4. The van der Waals surface area contributed by atoms with Crippen LogP contribution < -0.4 is 5.32 Å². The molecular formula is C10H16ClN3. The third kappa shape index (κ3) is 2.72. The molecule has 1 saturated carbocycles. The Morgan fingerprint density at radius 1 is 1.71 bits per heavy atom. The molecule has 3 nitrogen and oxygen atoms in total. The van der Waals surface area contributed by atoms with Gasteiger partial charge in [-0.25, -0.2) is 0 Å². The van der Waals surface area contributed by atoms with Crippen LogP contribution in [0.15, 0.2) is 12.4 Å². The van der Waals surface area contributed by atoms with Crippen LogP contribution in [0, 0.1) is 0 Å². The fourth-order valence-electron chi connectivity index (χ4n) is 1.47. The molecule has 0 spiro atoms. The van der Waals surface area contributed by atoms with Gasteiger partial charge in [0.2, 0.25) is 0 Å². The van der Waals surface area contributed by atoms with Crippen molar-refractivity contribution in [3.8, 4) is 0 Å². The van der Waals surface area contributed by atoms with E-state index in [1.54, 1.807) is 6.20 Å². The number of rotatable bonds is 5. The molecule has 1 aromatic rings. The molecular weight excluding hydrogens is 198 g/mol. The number of hydrogen-bond donors (Lipinski definition) is 1. The molecule has 0 aromatic carbocycles. The van der Waals surface area contributed by atoms with Crippen molar-refractivity contribution in [2.24, 2.45) is 0 Å². The van der Waals surface area contributed by atoms with E-state index in [1.807, 2.05) is 10.9 Å². The van der Waals surface area contributed by atoms with Crippen LogP contribution in [0.25, 0.3) is 0 Å². The molecule has 1 aliphatic rings. The first kappa shape index (κ1) is 9.99. The Balaban J connectivity index is 1.73. The first-order valence-corrected chi connectivity index (χ1v) is 5.56. The highest BCUT2D eigenvalue weighted by Crippen LogP contribution is 2.19. The highest BCUT2D eigenvalue weighted by Gasteiger charge is 2.20. The van der Waals surface area contributed by atoms with Crippen LogP contribution in [0.1, 0.15) is 32.2 Å². The topological polar surface area (TPSA) is 29.9 Å². The van der Waals surface area contributed by atoms with Gasteiger partial charge in [0.1, 0.15) is 0 Å². The van der Waals surface area contributed by atoms with Gasteiger partial charge in [-0.3, -0.25) is 4.68 Å². The molecule has 0 radical (unpaired) electrons. The van der Waals surface area contributed by atoms with Gasteiger partial charge in [0.15, 0.2) is 0 Å². The molecule has 4 heteroatoms. The van der Waals surface area contributed by atoms with Gasteiger partial charge < -0.3 is 5.32 Å². The molecule has 78 valence electrons. The third-order valence-corrected chi connectivity index (χ3v) is 2.79. The van der Waals surface area contributed by atoms with E-state index in [2.05, 4.69) is 17.3 Å². The fraction of sp³-hybridized carbons (Fsp3) is 0.700. The summed E-state index contributed by atoms with van der Waals surface area (Å²) in [6.07, 6.45) is 7.37. The average molecular weight is 214 g/mol. The monoisotopic (exact) mass is 213 g/mol. The molecule has 1 aromatic heterocycles. The molecule has 0 aliphatic heterocycles. The number of aromatic nitrogens is 2. The lowest BCUT2D eigenvalue weighted by Crippen LogP contribution is -2.20. The summed E-state index contributed by atoms with van der Waals surface area (Å²) in [4.78, 5) is 0. The van der Waals surface area contributed by atoms with Crippen molar-refractivity contribution in [3.63, 3.8) is 0 Å². The summed E-state index contributed by atoms with van der Waals surface area (Å²) in [5.41, 5.74) is 0. The summed E-state index contributed by atoms with van der Waals surface area (Å²) >= 11 is 5.80. The lowest BCUT2D eigenvalue weighted by atomic mass is 10.2.